The summed E-state index contributed by atoms with van der Waals surface area (Å²) < 4.78 is 7.45. The molecule has 0 unspecified atom stereocenters. The summed E-state index contributed by atoms with van der Waals surface area (Å²) in [4.78, 5) is 14.8. The van der Waals surface area contributed by atoms with E-state index < -0.39 is 0 Å². The van der Waals surface area contributed by atoms with Crippen molar-refractivity contribution >= 4 is 23.4 Å². The highest BCUT2D eigenvalue weighted by atomic mass is 32.2. The molecule has 0 fully saturated rings. The van der Waals surface area contributed by atoms with Crippen LogP contribution in [-0.4, -0.2) is 15.7 Å². The van der Waals surface area contributed by atoms with Gasteiger partial charge in [0.2, 0.25) is 0 Å². The molecule has 4 aromatic rings. The van der Waals surface area contributed by atoms with E-state index in [1.165, 1.54) is 5.56 Å². The molecule has 1 heterocycles. The Morgan fingerprint density at radius 2 is 1.77 bits per heavy atom. The zero-order valence-corrected chi connectivity index (χ0v) is 18.2. The van der Waals surface area contributed by atoms with Crippen molar-refractivity contribution < 1.29 is 9.53 Å². The predicted octanol–water partition coefficient (Wildman–Crippen LogP) is 5.94. The van der Waals surface area contributed by atoms with Gasteiger partial charge in [-0.15, -0.1) is 0 Å². The zero-order chi connectivity index (χ0) is 21.6. The van der Waals surface area contributed by atoms with Crippen LogP contribution in [0, 0.1) is 13.8 Å². The normalized spacial score (nSPS) is 10.6. The van der Waals surface area contributed by atoms with Gasteiger partial charge in [-0.1, -0.05) is 59.8 Å². The second kappa shape index (κ2) is 9.53. The van der Waals surface area contributed by atoms with Gasteiger partial charge >= 0.3 is 0 Å². The van der Waals surface area contributed by atoms with Gasteiger partial charge < -0.3 is 10.1 Å². The van der Waals surface area contributed by atoms with Crippen LogP contribution in [-0.2, 0) is 6.73 Å². The Labute approximate surface area is 186 Å². The van der Waals surface area contributed by atoms with Crippen LogP contribution >= 0.6 is 11.8 Å². The van der Waals surface area contributed by atoms with E-state index in [0.29, 0.717) is 5.69 Å². The molecule has 6 heteroatoms. The molecule has 0 atom stereocenters. The number of hydrogen-bond donors (Lipinski definition) is 1. The maximum atomic E-state index is 12.8. The van der Waals surface area contributed by atoms with Crippen molar-refractivity contribution in [1.82, 2.24) is 9.78 Å². The average molecular weight is 430 g/mol. The van der Waals surface area contributed by atoms with Crippen LogP contribution in [0.1, 0.15) is 21.6 Å². The Morgan fingerprint density at radius 1 is 1.00 bits per heavy atom. The van der Waals surface area contributed by atoms with E-state index in [0.717, 1.165) is 26.8 Å². The lowest BCUT2D eigenvalue weighted by Gasteiger charge is -2.10. The first-order valence-electron chi connectivity index (χ1n) is 9.95. The molecule has 0 aliphatic heterocycles. The summed E-state index contributed by atoms with van der Waals surface area (Å²) in [5.41, 5.74) is 3.34. The van der Waals surface area contributed by atoms with Crippen molar-refractivity contribution in [2.75, 3.05) is 5.32 Å². The Morgan fingerprint density at radius 3 is 2.58 bits per heavy atom. The summed E-state index contributed by atoms with van der Waals surface area (Å²) in [6, 6.07) is 25.5. The fraction of sp³-hybridized carbons (Fsp3) is 0.120. The molecular weight excluding hydrogens is 406 g/mol. The summed E-state index contributed by atoms with van der Waals surface area (Å²) in [7, 11) is 0. The first-order chi connectivity index (χ1) is 15.1. The number of anilines is 1. The van der Waals surface area contributed by atoms with E-state index in [9.17, 15) is 4.79 Å². The molecule has 5 nitrogen and oxygen atoms in total. The Kier molecular flexibility index (Phi) is 6.38. The third kappa shape index (κ3) is 5.35. The number of amides is 1. The van der Waals surface area contributed by atoms with Crippen molar-refractivity contribution in [2.45, 2.75) is 30.4 Å². The number of hydrogen-bond acceptors (Lipinski definition) is 4. The number of rotatable bonds is 7. The molecule has 156 valence electrons. The van der Waals surface area contributed by atoms with Gasteiger partial charge in [-0.05, 0) is 55.8 Å². The minimum absolute atomic E-state index is 0.234. The van der Waals surface area contributed by atoms with Crippen molar-refractivity contribution in [3.63, 3.8) is 0 Å². The minimum Gasteiger partial charge on any atom is -0.471 e. The van der Waals surface area contributed by atoms with E-state index >= 15 is 0 Å². The number of benzene rings is 3. The van der Waals surface area contributed by atoms with Crippen LogP contribution in [0.15, 0.2) is 94.9 Å². The highest BCUT2D eigenvalue weighted by Crippen LogP contribution is 2.33. The smallest absolute Gasteiger partial charge is 0.276 e. The van der Waals surface area contributed by atoms with Gasteiger partial charge in [-0.25, -0.2) is 4.68 Å². The van der Waals surface area contributed by atoms with Crippen molar-refractivity contribution in [3.8, 4) is 5.75 Å². The number of aromatic nitrogens is 2. The molecule has 1 aromatic heterocycles. The molecule has 1 amide bonds. The molecule has 4 rings (SSSR count). The van der Waals surface area contributed by atoms with Crippen LogP contribution in [0.3, 0.4) is 0 Å². The summed E-state index contributed by atoms with van der Waals surface area (Å²) in [5.74, 6) is 0.547. The fourth-order valence-corrected chi connectivity index (χ4v) is 4.04. The molecule has 1 N–H and O–H groups in total. The summed E-state index contributed by atoms with van der Waals surface area (Å²) >= 11 is 1.60. The number of nitrogens with zero attached hydrogens (tertiary/aromatic N) is 2. The molecule has 31 heavy (non-hydrogen) atoms. The molecule has 0 bridgehead atoms. The molecule has 0 spiro atoms. The third-order valence-electron chi connectivity index (χ3n) is 4.66. The lowest BCUT2D eigenvalue weighted by atomic mass is 10.1. The van der Waals surface area contributed by atoms with Gasteiger partial charge in [0.25, 0.3) is 5.91 Å². The Bertz CT molecular complexity index is 1190. The Hall–Kier alpha value is -3.51. The number of nitrogens with one attached hydrogen (secondary N) is 1. The van der Waals surface area contributed by atoms with E-state index in [2.05, 4.69) is 16.5 Å². The molecule has 3 aromatic carbocycles. The number of carbonyl (C=O) groups excluding carboxylic acids is 1. The minimum atomic E-state index is -0.258. The molecule has 0 saturated heterocycles. The Balaban J connectivity index is 1.41. The molecule has 0 aliphatic rings. The van der Waals surface area contributed by atoms with Gasteiger partial charge in [-0.2, -0.15) is 5.10 Å². The number of aryl methyl sites for hydroxylation is 2. The van der Waals surface area contributed by atoms with E-state index in [4.69, 9.17) is 4.74 Å². The second-order valence-corrected chi connectivity index (χ2v) is 8.26. The largest absolute Gasteiger partial charge is 0.471 e. The lowest BCUT2D eigenvalue weighted by Crippen LogP contribution is -2.14. The standard InChI is InChI=1S/C25H23N3O2S/c1-18-12-13-23(19(2)16-18)30-17-28-15-14-22(27-28)25(29)26-21-10-6-7-11-24(21)31-20-8-4-3-5-9-20/h3-16H,17H2,1-2H3,(H,26,29). The number of carbonyl (C=O) groups is 1. The fourth-order valence-electron chi connectivity index (χ4n) is 3.11. The first kappa shape index (κ1) is 20.8. The summed E-state index contributed by atoms with van der Waals surface area (Å²) in [6.45, 7) is 4.29. The summed E-state index contributed by atoms with van der Waals surface area (Å²) in [6.07, 6.45) is 1.74. The molecule has 0 radical (unpaired) electrons. The maximum absolute atomic E-state index is 12.8. The van der Waals surface area contributed by atoms with Gasteiger partial charge in [0.15, 0.2) is 12.4 Å². The van der Waals surface area contributed by atoms with Crippen LogP contribution in [0.4, 0.5) is 5.69 Å². The number of para-hydroxylation sites is 1. The van der Waals surface area contributed by atoms with Crippen LogP contribution < -0.4 is 10.1 Å². The third-order valence-corrected chi connectivity index (χ3v) is 5.75. The maximum Gasteiger partial charge on any atom is 0.276 e. The topological polar surface area (TPSA) is 56.1 Å². The first-order valence-corrected chi connectivity index (χ1v) is 10.8. The molecule has 0 saturated carbocycles. The molecular formula is C25H23N3O2S. The van der Waals surface area contributed by atoms with E-state index in [-0.39, 0.29) is 12.6 Å². The molecule has 0 aliphatic carbocycles. The van der Waals surface area contributed by atoms with Crippen LogP contribution in [0.5, 0.6) is 5.75 Å². The van der Waals surface area contributed by atoms with E-state index in [1.54, 1.807) is 28.7 Å². The van der Waals surface area contributed by atoms with Crippen LogP contribution in [0.25, 0.3) is 0 Å². The SMILES string of the molecule is Cc1ccc(OCn2ccc(C(=O)Nc3ccccc3Sc3ccccc3)n2)c(C)c1. The van der Waals surface area contributed by atoms with Gasteiger partial charge in [0.1, 0.15) is 5.75 Å². The zero-order valence-electron chi connectivity index (χ0n) is 17.4. The number of ether oxygens (including phenoxy) is 1. The highest BCUT2D eigenvalue weighted by Gasteiger charge is 2.13. The van der Waals surface area contributed by atoms with Crippen LogP contribution in [0.2, 0.25) is 0 Å². The average Bonchev–Trinajstić information content (AvgIpc) is 3.24. The highest BCUT2D eigenvalue weighted by molar-refractivity contribution is 7.99. The van der Waals surface area contributed by atoms with Crippen molar-refractivity contribution in [3.05, 3.63) is 102 Å². The lowest BCUT2D eigenvalue weighted by molar-refractivity contribution is 0.102. The van der Waals surface area contributed by atoms with Gasteiger partial charge in [0.05, 0.1) is 5.69 Å². The van der Waals surface area contributed by atoms with Gasteiger partial charge in [0, 0.05) is 16.0 Å². The monoisotopic (exact) mass is 429 g/mol. The van der Waals surface area contributed by atoms with Crippen molar-refractivity contribution in [2.24, 2.45) is 0 Å². The van der Waals surface area contributed by atoms with E-state index in [1.807, 2.05) is 80.6 Å². The summed E-state index contributed by atoms with van der Waals surface area (Å²) in [5, 5.41) is 7.33. The quantitative estimate of drug-likeness (QED) is 0.395. The second-order valence-electron chi connectivity index (χ2n) is 7.15. The predicted molar refractivity (Wildman–Crippen MR) is 124 cm³/mol. The van der Waals surface area contributed by atoms with Gasteiger partial charge in [-0.3, -0.25) is 4.79 Å². The van der Waals surface area contributed by atoms with Crippen molar-refractivity contribution in [1.29, 1.82) is 0 Å².